The van der Waals surface area contributed by atoms with E-state index in [1.54, 1.807) is 24.3 Å². The number of hydrogen-bond donors (Lipinski definition) is 1. The largest absolute Gasteiger partial charge is 0.392 e. The summed E-state index contributed by atoms with van der Waals surface area (Å²) in [6.07, 6.45) is 0. The van der Waals surface area contributed by atoms with Gasteiger partial charge in [-0.25, -0.2) is 0 Å². The van der Waals surface area contributed by atoms with Crippen LogP contribution in [-0.4, -0.2) is 10.0 Å². The molecule has 0 unspecified atom stereocenters. The summed E-state index contributed by atoms with van der Waals surface area (Å²) in [6.45, 7) is -0.189. The van der Waals surface area contributed by atoms with Gasteiger partial charge in [0.05, 0.1) is 16.9 Å². The molecule has 0 aliphatic rings. The number of aliphatic hydroxyl groups is 1. The van der Waals surface area contributed by atoms with Crippen LogP contribution in [0.4, 0.5) is 5.69 Å². The number of nitrogens with zero attached hydrogens (tertiary/aromatic N) is 1. The number of fused-ring (bicyclic) bond motifs is 1. The topological polar surface area (TPSA) is 63.4 Å². The van der Waals surface area contributed by atoms with Crippen molar-refractivity contribution in [3.63, 3.8) is 0 Å². The zero-order valence-corrected chi connectivity index (χ0v) is 7.88. The van der Waals surface area contributed by atoms with Crippen molar-refractivity contribution in [1.82, 2.24) is 0 Å². The molecule has 2 aromatic carbocycles. The van der Waals surface area contributed by atoms with E-state index in [1.807, 2.05) is 6.07 Å². The predicted octanol–water partition coefficient (Wildman–Crippen LogP) is 2.24. The summed E-state index contributed by atoms with van der Waals surface area (Å²) in [6, 6.07) is 10.2. The highest BCUT2D eigenvalue weighted by atomic mass is 16.6. The lowest BCUT2D eigenvalue weighted by atomic mass is 10.1. The van der Waals surface area contributed by atoms with Crippen molar-refractivity contribution < 1.29 is 10.0 Å². The van der Waals surface area contributed by atoms with Gasteiger partial charge in [-0.1, -0.05) is 18.2 Å². The average molecular weight is 203 g/mol. The first-order valence-corrected chi connectivity index (χ1v) is 4.49. The van der Waals surface area contributed by atoms with Gasteiger partial charge in [-0.05, 0) is 23.1 Å². The first-order valence-electron chi connectivity index (χ1n) is 4.49. The molecule has 15 heavy (non-hydrogen) atoms. The fourth-order valence-corrected chi connectivity index (χ4v) is 1.59. The van der Waals surface area contributed by atoms with Crippen LogP contribution in [0.15, 0.2) is 36.4 Å². The van der Waals surface area contributed by atoms with Gasteiger partial charge in [0.15, 0.2) is 0 Å². The number of hydrogen-bond acceptors (Lipinski definition) is 3. The molecular weight excluding hydrogens is 194 g/mol. The number of benzene rings is 2. The van der Waals surface area contributed by atoms with Gasteiger partial charge >= 0.3 is 0 Å². The molecule has 2 rings (SSSR count). The molecule has 76 valence electrons. The SMILES string of the molecule is O=[N+]([O-])c1cc(CO)cc2ccccc12. The van der Waals surface area contributed by atoms with Gasteiger partial charge < -0.3 is 5.11 Å². The van der Waals surface area contributed by atoms with Crippen molar-refractivity contribution in [1.29, 1.82) is 0 Å². The fraction of sp³-hybridized carbons (Fsp3) is 0.0909. The number of nitro groups is 1. The van der Waals surface area contributed by atoms with Gasteiger partial charge in [0.25, 0.3) is 5.69 Å². The van der Waals surface area contributed by atoms with Crippen LogP contribution in [0.25, 0.3) is 10.8 Å². The Labute approximate surface area is 85.9 Å². The Morgan fingerprint density at radius 1 is 1.27 bits per heavy atom. The summed E-state index contributed by atoms with van der Waals surface area (Å²) in [4.78, 5) is 10.4. The van der Waals surface area contributed by atoms with E-state index in [9.17, 15) is 10.1 Å². The van der Waals surface area contributed by atoms with Gasteiger partial charge in [0.1, 0.15) is 0 Å². The van der Waals surface area contributed by atoms with E-state index in [0.29, 0.717) is 10.9 Å². The highest BCUT2D eigenvalue weighted by Crippen LogP contribution is 2.27. The molecule has 0 aliphatic heterocycles. The van der Waals surface area contributed by atoms with E-state index in [4.69, 9.17) is 5.11 Å². The molecule has 4 nitrogen and oxygen atoms in total. The summed E-state index contributed by atoms with van der Waals surface area (Å²) in [5, 5.41) is 21.2. The molecular formula is C11H9NO3. The first kappa shape index (κ1) is 9.61. The third kappa shape index (κ3) is 1.67. The minimum absolute atomic E-state index is 0.0390. The van der Waals surface area contributed by atoms with Gasteiger partial charge in [0, 0.05) is 6.07 Å². The average Bonchev–Trinajstić information content (AvgIpc) is 2.27. The van der Waals surface area contributed by atoms with Crippen LogP contribution in [0.2, 0.25) is 0 Å². The standard InChI is InChI=1S/C11H9NO3/c13-7-8-5-9-3-1-2-4-10(9)11(6-8)12(14)15/h1-6,13H,7H2. The fourth-order valence-electron chi connectivity index (χ4n) is 1.59. The lowest BCUT2D eigenvalue weighted by Gasteiger charge is -2.02. The number of aliphatic hydroxyl groups excluding tert-OH is 1. The Bertz CT molecular complexity index is 522. The molecule has 0 radical (unpaired) electrons. The number of non-ortho nitro benzene ring substituents is 1. The van der Waals surface area contributed by atoms with Gasteiger partial charge in [0.2, 0.25) is 0 Å². The molecule has 0 spiro atoms. The zero-order valence-electron chi connectivity index (χ0n) is 7.88. The van der Waals surface area contributed by atoms with Crippen molar-refractivity contribution in [2.24, 2.45) is 0 Å². The van der Waals surface area contributed by atoms with E-state index >= 15 is 0 Å². The molecule has 4 heteroatoms. The highest BCUT2D eigenvalue weighted by molar-refractivity contribution is 5.91. The van der Waals surface area contributed by atoms with Gasteiger partial charge in [-0.3, -0.25) is 10.1 Å². The lowest BCUT2D eigenvalue weighted by molar-refractivity contribution is -0.383. The number of nitro benzene ring substituents is 1. The maximum Gasteiger partial charge on any atom is 0.277 e. The Kier molecular flexibility index (Phi) is 2.35. The Morgan fingerprint density at radius 3 is 2.67 bits per heavy atom. The first-order chi connectivity index (χ1) is 7.22. The van der Waals surface area contributed by atoms with Crippen molar-refractivity contribution in [3.05, 3.63) is 52.1 Å². The smallest absolute Gasteiger partial charge is 0.277 e. The molecule has 0 saturated heterocycles. The van der Waals surface area contributed by atoms with E-state index in [-0.39, 0.29) is 12.3 Å². The van der Waals surface area contributed by atoms with Crippen LogP contribution >= 0.6 is 0 Å². The Morgan fingerprint density at radius 2 is 2.00 bits per heavy atom. The van der Waals surface area contributed by atoms with Crippen LogP contribution in [0.3, 0.4) is 0 Å². The van der Waals surface area contributed by atoms with E-state index < -0.39 is 4.92 Å². The van der Waals surface area contributed by atoms with Gasteiger partial charge in [-0.2, -0.15) is 0 Å². The molecule has 0 aromatic heterocycles. The van der Waals surface area contributed by atoms with Gasteiger partial charge in [-0.15, -0.1) is 0 Å². The van der Waals surface area contributed by atoms with E-state index in [1.165, 1.54) is 6.07 Å². The highest BCUT2D eigenvalue weighted by Gasteiger charge is 2.12. The molecule has 0 saturated carbocycles. The molecule has 0 atom stereocenters. The predicted molar refractivity (Wildman–Crippen MR) is 56.5 cm³/mol. The maximum absolute atomic E-state index is 10.8. The minimum Gasteiger partial charge on any atom is -0.392 e. The molecule has 0 fully saturated rings. The van der Waals surface area contributed by atoms with Crippen LogP contribution < -0.4 is 0 Å². The van der Waals surface area contributed by atoms with Crippen molar-refractivity contribution in [2.75, 3.05) is 0 Å². The van der Waals surface area contributed by atoms with Crippen molar-refractivity contribution >= 4 is 16.5 Å². The summed E-state index contributed by atoms with van der Waals surface area (Å²) in [5.41, 5.74) is 0.595. The molecule has 1 N–H and O–H groups in total. The normalized spacial score (nSPS) is 10.5. The molecule has 0 amide bonds. The Hall–Kier alpha value is -1.94. The Balaban J connectivity index is 2.80. The van der Waals surface area contributed by atoms with E-state index in [2.05, 4.69) is 0 Å². The zero-order chi connectivity index (χ0) is 10.8. The quantitative estimate of drug-likeness (QED) is 0.601. The number of rotatable bonds is 2. The third-order valence-corrected chi connectivity index (χ3v) is 2.28. The maximum atomic E-state index is 10.8. The summed E-state index contributed by atoms with van der Waals surface area (Å²) >= 11 is 0. The third-order valence-electron chi connectivity index (χ3n) is 2.28. The van der Waals surface area contributed by atoms with Crippen LogP contribution in [0, 0.1) is 10.1 Å². The molecule has 0 aliphatic carbocycles. The van der Waals surface area contributed by atoms with Crippen LogP contribution in [0.1, 0.15) is 5.56 Å². The summed E-state index contributed by atoms with van der Waals surface area (Å²) in [5.74, 6) is 0. The lowest BCUT2D eigenvalue weighted by Crippen LogP contribution is -1.92. The van der Waals surface area contributed by atoms with Crippen molar-refractivity contribution in [2.45, 2.75) is 6.61 Å². The monoisotopic (exact) mass is 203 g/mol. The van der Waals surface area contributed by atoms with E-state index in [0.717, 1.165) is 5.39 Å². The summed E-state index contributed by atoms with van der Waals surface area (Å²) < 4.78 is 0. The second kappa shape index (κ2) is 3.67. The molecule has 0 heterocycles. The molecule has 0 bridgehead atoms. The second-order valence-electron chi connectivity index (χ2n) is 3.25. The second-order valence-corrected chi connectivity index (χ2v) is 3.25. The minimum atomic E-state index is -0.429. The van der Waals surface area contributed by atoms with Crippen LogP contribution in [-0.2, 0) is 6.61 Å². The van der Waals surface area contributed by atoms with Crippen molar-refractivity contribution in [3.8, 4) is 0 Å². The summed E-state index contributed by atoms with van der Waals surface area (Å²) in [7, 11) is 0. The molecule has 2 aromatic rings. The van der Waals surface area contributed by atoms with Crippen LogP contribution in [0.5, 0.6) is 0 Å².